The monoisotopic (exact) mass is 474 g/mol. The van der Waals surface area contributed by atoms with Gasteiger partial charge in [-0.15, -0.1) is 0 Å². The van der Waals surface area contributed by atoms with Crippen LogP contribution in [0.3, 0.4) is 0 Å². The van der Waals surface area contributed by atoms with Gasteiger partial charge >= 0.3 is 11.9 Å². The molecule has 0 saturated carbocycles. The van der Waals surface area contributed by atoms with Crippen molar-refractivity contribution in [3.63, 3.8) is 0 Å². The average molecular weight is 475 g/mol. The Morgan fingerprint density at radius 2 is 1.03 bits per heavy atom. The predicted molar refractivity (Wildman–Crippen MR) is 142 cm³/mol. The number of esters is 1. The molecule has 0 saturated heterocycles. The van der Waals surface area contributed by atoms with Crippen LogP contribution in [0.4, 0.5) is 0 Å². The summed E-state index contributed by atoms with van der Waals surface area (Å²) in [4.78, 5) is 25.0. The lowest BCUT2D eigenvalue weighted by Crippen LogP contribution is -2.36. The van der Waals surface area contributed by atoms with Crippen molar-refractivity contribution in [3.05, 3.63) is 35.4 Å². The summed E-state index contributed by atoms with van der Waals surface area (Å²) in [6, 6.07) is 6.43. The van der Waals surface area contributed by atoms with Crippen LogP contribution < -0.4 is 0 Å². The standard InChI is InChI=1S/C30H50O4/c1-4-7-10-12-14-19-24-30(23-18-9-6-3,25-20-15-13-11-8-5-2)34-29(33)27-22-17-16-21-26(27)28(31)32/h16-17,21-22H,4-15,18-20,23-25H2,1-3H3,(H,31,32). The Balaban J connectivity index is 2.98. The molecule has 4 heteroatoms. The summed E-state index contributed by atoms with van der Waals surface area (Å²) in [6.07, 6.45) is 20.4. The number of carbonyl (C=O) groups is 2. The molecule has 0 spiro atoms. The van der Waals surface area contributed by atoms with E-state index >= 15 is 0 Å². The summed E-state index contributed by atoms with van der Waals surface area (Å²) in [5, 5.41) is 9.57. The predicted octanol–water partition coefficient (Wildman–Crippen LogP) is 9.36. The van der Waals surface area contributed by atoms with E-state index in [1.54, 1.807) is 18.2 Å². The fourth-order valence-electron chi connectivity index (χ4n) is 4.78. The van der Waals surface area contributed by atoms with Crippen molar-refractivity contribution < 1.29 is 19.4 Å². The molecule has 0 bridgehead atoms. The number of carboxylic acids is 1. The van der Waals surface area contributed by atoms with Gasteiger partial charge in [0.2, 0.25) is 0 Å². The minimum absolute atomic E-state index is 0.0223. The summed E-state index contributed by atoms with van der Waals surface area (Å²) in [7, 11) is 0. The van der Waals surface area contributed by atoms with Gasteiger partial charge in [-0.3, -0.25) is 0 Å². The Hall–Kier alpha value is -1.84. The lowest BCUT2D eigenvalue weighted by atomic mass is 9.84. The summed E-state index contributed by atoms with van der Waals surface area (Å²) in [5.74, 6) is -1.57. The van der Waals surface area contributed by atoms with Gasteiger partial charge in [-0.05, 0) is 50.7 Å². The summed E-state index contributed by atoms with van der Waals surface area (Å²) >= 11 is 0. The third kappa shape index (κ3) is 12.0. The molecule has 1 N–H and O–H groups in total. The summed E-state index contributed by atoms with van der Waals surface area (Å²) in [5.41, 5.74) is -0.303. The summed E-state index contributed by atoms with van der Waals surface area (Å²) in [6.45, 7) is 6.65. The van der Waals surface area contributed by atoms with Crippen LogP contribution in [0.5, 0.6) is 0 Å². The number of carbonyl (C=O) groups excluding carboxylic acids is 1. The molecule has 0 aromatic heterocycles. The van der Waals surface area contributed by atoms with Crippen LogP contribution in [0.15, 0.2) is 24.3 Å². The maximum atomic E-state index is 13.3. The van der Waals surface area contributed by atoms with Crippen LogP contribution in [0.25, 0.3) is 0 Å². The normalized spacial score (nSPS) is 11.5. The molecule has 1 aromatic rings. The van der Waals surface area contributed by atoms with E-state index in [-0.39, 0.29) is 11.1 Å². The molecule has 0 amide bonds. The molecule has 1 rings (SSSR count). The smallest absolute Gasteiger partial charge is 0.339 e. The topological polar surface area (TPSA) is 63.6 Å². The van der Waals surface area contributed by atoms with Crippen LogP contribution in [-0.4, -0.2) is 22.6 Å². The van der Waals surface area contributed by atoms with Gasteiger partial charge in [0.25, 0.3) is 0 Å². The lowest BCUT2D eigenvalue weighted by molar-refractivity contribution is -0.0362. The van der Waals surface area contributed by atoms with Crippen LogP contribution in [0.1, 0.15) is 157 Å². The second-order valence-electron chi connectivity index (χ2n) is 9.92. The minimum Gasteiger partial charge on any atom is -0.478 e. The van der Waals surface area contributed by atoms with Crippen LogP contribution >= 0.6 is 0 Å². The first-order valence-corrected chi connectivity index (χ1v) is 14.0. The van der Waals surface area contributed by atoms with Gasteiger partial charge in [0.05, 0.1) is 11.1 Å². The summed E-state index contributed by atoms with van der Waals surface area (Å²) < 4.78 is 6.31. The zero-order valence-electron chi connectivity index (χ0n) is 22.2. The maximum absolute atomic E-state index is 13.3. The number of unbranched alkanes of at least 4 members (excludes halogenated alkanes) is 12. The van der Waals surface area contributed by atoms with Crippen LogP contribution in [-0.2, 0) is 4.74 Å². The highest BCUT2D eigenvalue weighted by Gasteiger charge is 2.34. The van der Waals surface area contributed by atoms with Crippen molar-refractivity contribution in [2.75, 3.05) is 0 Å². The molecule has 0 heterocycles. The van der Waals surface area contributed by atoms with Crippen molar-refractivity contribution in [1.82, 2.24) is 0 Å². The Morgan fingerprint density at radius 3 is 1.50 bits per heavy atom. The second kappa shape index (κ2) is 18.5. The third-order valence-corrected chi connectivity index (χ3v) is 6.89. The van der Waals surface area contributed by atoms with Crippen LogP contribution in [0, 0.1) is 0 Å². The van der Waals surface area contributed by atoms with E-state index in [4.69, 9.17) is 4.74 Å². The van der Waals surface area contributed by atoms with E-state index < -0.39 is 17.5 Å². The number of ether oxygens (including phenoxy) is 1. The molecule has 0 atom stereocenters. The quantitative estimate of drug-likeness (QED) is 0.142. The first-order chi connectivity index (χ1) is 16.5. The van der Waals surface area contributed by atoms with E-state index in [0.717, 1.165) is 64.2 Å². The highest BCUT2D eigenvalue weighted by atomic mass is 16.6. The molecule has 0 unspecified atom stereocenters. The van der Waals surface area contributed by atoms with E-state index in [9.17, 15) is 14.7 Å². The Morgan fingerprint density at radius 1 is 0.647 bits per heavy atom. The van der Waals surface area contributed by atoms with Crippen molar-refractivity contribution in [1.29, 1.82) is 0 Å². The molecular formula is C30H50O4. The first-order valence-electron chi connectivity index (χ1n) is 14.0. The van der Waals surface area contributed by atoms with Crippen molar-refractivity contribution in [3.8, 4) is 0 Å². The Bertz CT molecular complexity index is 666. The van der Waals surface area contributed by atoms with E-state index in [0.29, 0.717) is 0 Å². The first kappa shape index (κ1) is 30.2. The Labute approximate surface area is 208 Å². The molecule has 0 aliphatic rings. The molecule has 0 aliphatic carbocycles. The molecule has 34 heavy (non-hydrogen) atoms. The molecule has 194 valence electrons. The number of hydrogen-bond acceptors (Lipinski definition) is 3. The van der Waals surface area contributed by atoms with Crippen LogP contribution in [0.2, 0.25) is 0 Å². The Kier molecular flexibility index (Phi) is 16.4. The molecule has 1 aromatic carbocycles. The second-order valence-corrected chi connectivity index (χ2v) is 9.92. The lowest BCUT2D eigenvalue weighted by Gasteiger charge is -2.34. The number of aromatic carboxylic acids is 1. The van der Waals surface area contributed by atoms with Gasteiger partial charge in [-0.1, -0.05) is 110 Å². The largest absolute Gasteiger partial charge is 0.478 e. The highest BCUT2D eigenvalue weighted by Crippen LogP contribution is 2.34. The van der Waals surface area contributed by atoms with Gasteiger partial charge in [0.15, 0.2) is 0 Å². The van der Waals surface area contributed by atoms with E-state index in [1.165, 1.54) is 57.4 Å². The van der Waals surface area contributed by atoms with Gasteiger partial charge in [-0.2, -0.15) is 0 Å². The fraction of sp³-hybridized carbons (Fsp3) is 0.733. The third-order valence-electron chi connectivity index (χ3n) is 6.89. The van der Waals surface area contributed by atoms with E-state index in [1.807, 2.05) is 0 Å². The number of hydrogen-bond donors (Lipinski definition) is 1. The van der Waals surface area contributed by atoms with E-state index in [2.05, 4.69) is 20.8 Å². The SMILES string of the molecule is CCCCCCCCC(CCCCC)(CCCCCCCC)OC(=O)c1ccccc1C(=O)O. The molecule has 4 nitrogen and oxygen atoms in total. The number of benzene rings is 1. The van der Waals surface area contributed by atoms with Crippen molar-refractivity contribution in [2.24, 2.45) is 0 Å². The van der Waals surface area contributed by atoms with Crippen molar-refractivity contribution >= 4 is 11.9 Å². The van der Waals surface area contributed by atoms with Crippen molar-refractivity contribution in [2.45, 2.75) is 142 Å². The maximum Gasteiger partial charge on any atom is 0.339 e. The van der Waals surface area contributed by atoms with Gasteiger partial charge in [-0.25, -0.2) is 9.59 Å². The number of rotatable bonds is 21. The highest BCUT2D eigenvalue weighted by molar-refractivity contribution is 6.02. The zero-order valence-corrected chi connectivity index (χ0v) is 22.2. The van der Waals surface area contributed by atoms with Gasteiger partial charge in [0.1, 0.15) is 5.60 Å². The molecule has 0 radical (unpaired) electrons. The van der Waals surface area contributed by atoms with Gasteiger partial charge < -0.3 is 9.84 Å². The van der Waals surface area contributed by atoms with Gasteiger partial charge in [0, 0.05) is 0 Å². The fourth-order valence-corrected chi connectivity index (χ4v) is 4.78. The molecule has 0 aliphatic heterocycles. The number of carboxylic acid groups (broad SMARTS) is 1. The molecular weight excluding hydrogens is 424 g/mol. The molecule has 0 fully saturated rings. The average Bonchev–Trinajstić information content (AvgIpc) is 2.83. The minimum atomic E-state index is -1.09. The zero-order chi connectivity index (χ0) is 25.1.